The van der Waals surface area contributed by atoms with Crippen LogP contribution in [0, 0.1) is 5.92 Å². The Labute approximate surface area is 196 Å². The lowest BCUT2D eigenvalue weighted by Gasteiger charge is -2.20. The summed E-state index contributed by atoms with van der Waals surface area (Å²) in [5.41, 5.74) is 2.59. The average Bonchev–Trinajstić information content (AvgIpc) is 2.87. The molecule has 0 aliphatic heterocycles. The van der Waals surface area contributed by atoms with E-state index >= 15 is 0 Å². The van der Waals surface area contributed by atoms with Gasteiger partial charge in [-0.25, -0.2) is 0 Å². The summed E-state index contributed by atoms with van der Waals surface area (Å²) in [4.78, 5) is 13.6. The van der Waals surface area contributed by atoms with Crippen LogP contribution >= 0.6 is 0 Å². The van der Waals surface area contributed by atoms with Crippen molar-refractivity contribution in [2.75, 3.05) is 13.7 Å². The molecule has 0 saturated carbocycles. The van der Waals surface area contributed by atoms with Crippen LogP contribution < -0.4 is 10.1 Å². The van der Waals surface area contributed by atoms with Crippen molar-refractivity contribution in [1.29, 1.82) is 0 Å². The summed E-state index contributed by atoms with van der Waals surface area (Å²) in [6.45, 7) is 5.12. The van der Waals surface area contributed by atoms with Gasteiger partial charge in [0.1, 0.15) is 5.75 Å². The minimum Gasteiger partial charge on any atom is -0.496 e. The third-order valence-corrected chi connectivity index (χ3v) is 6.63. The average molecular weight is 440 g/mol. The van der Waals surface area contributed by atoms with Gasteiger partial charge in [-0.2, -0.15) is 0 Å². The molecule has 0 unspecified atom stereocenters. The van der Waals surface area contributed by atoms with E-state index in [1.807, 2.05) is 42.5 Å². The molecule has 0 fully saturated rings. The molecule has 3 nitrogen and oxygen atoms in total. The van der Waals surface area contributed by atoms with E-state index in [2.05, 4.69) is 49.5 Å². The Morgan fingerprint density at radius 3 is 2.12 bits per heavy atom. The van der Waals surface area contributed by atoms with Crippen molar-refractivity contribution in [2.24, 2.45) is 5.92 Å². The zero-order chi connectivity index (χ0) is 23.2. The van der Waals surface area contributed by atoms with Crippen molar-refractivity contribution >= 4 is 27.5 Å². The maximum atomic E-state index is 13.6. The van der Waals surface area contributed by atoms with E-state index in [1.165, 1.54) is 12.8 Å². The summed E-state index contributed by atoms with van der Waals surface area (Å²) in [7, 11) is 1.69. The number of fused-ring (bicyclic) bond motifs is 2. The number of amides is 1. The van der Waals surface area contributed by atoms with Crippen LogP contribution in [0.1, 0.15) is 49.9 Å². The quantitative estimate of drug-likeness (QED) is 0.291. The number of unbranched alkanes of at least 4 members (excludes halogenated alkanes) is 1. The number of hydrogen-bond acceptors (Lipinski definition) is 2. The Morgan fingerprint density at radius 2 is 1.48 bits per heavy atom. The molecule has 0 aromatic heterocycles. The highest BCUT2D eigenvalue weighted by atomic mass is 16.5. The molecule has 0 bridgehead atoms. The molecule has 3 heteroatoms. The van der Waals surface area contributed by atoms with Crippen molar-refractivity contribution in [3.8, 4) is 16.9 Å². The Morgan fingerprint density at radius 1 is 0.848 bits per heavy atom. The van der Waals surface area contributed by atoms with Crippen LogP contribution in [-0.2, 0) is 0 Å². The van der Waals surface area contributed by atoms with Gasteiger partial charge in [0.2, 0.25) is 0 Å². The van der Waals surface area contributed by atoms with Crippen LogP contribution in [0.5, 0.6) is 5.75 Å². The van der Waals surface area contributed by atoms with Crippen molar-refractivity contribution in [3.63, 3.8) is 0 Å². The van der Waals surface area contributed by atoms with Crippen molar-refractivity contribution in [3.05, 3.63) is 78.4 Å². The second-order valence-corrected chi connectivity index (χ2v) is 8.70. The molecule has 1 atom stereocenters. The molecular weight excluding hydrogens is 406 g/mol. The molecule has 1 N–H and O–H groups in total. The van der Waals surface area contributed by atoms with Gasteiger partial charge >= 0.3 is 0 Å². The molecule has 0 saturated heterocycles. The van der Waals surface area contributed by atoms with Crippen LogP contribution in [-0.4, -0.2) is 19.6 Å². The second kappa shape index (κ2) is 10.5. The Kier molecular flexibility index (Phi) is 7.29. The molecule has 4 rings (SSSR count). The van der Waals surface area contributed by atoms with E-state index in [0.717, 1.165) is 51.3 Å². The van der Waals surface area contributed by atoms with Gasteiger partial charge in [-0.3, -0.25) is 4.79 Å². The van der Waals surface area contributed by atoms with E-state index in [4.69, 9.17) is 4.74 Å². The molecule has 0 aliphatic rings. The standard InChI is InChI=1S/C30H33NO2/c1-4-6-11-21(5-2)20-31-30(32)26-18-16-22-12-7-9-14-24(22)28(26)29-25-15-10-8-13-23(25)17-19-27(29)33-3/h7-10,12-19,21H,4-6,11,20H2,1-3H3,(H,31,32)/t21-/m0/s1. The van der Waals surface area contributed by atoms with Crippen LogP contribution in [0.4, 0.5) is 0 Å². The third-order valence-electron chi connectivity index (χ3n) is 6.63. The summed E-state index contributed by atoms with van der Waals surface area (Å²) < 4.78 is 5.82. The number of ether oxygens (including phenoxy) is 1. The number of rotatable bonds is 9. The largest absolute Gasteiger partial charge is 0.496 e. The molecule has 4 aromatic carbocycles. The third kappa shape index (κ3) is 4.73. The summed E-state index contributed by atoms with van der Waals surface area (Å²) >= 11 is 0. The molecule has 0 heterocycles. The van der Waals surface area contributed by atoms with E-state index in [9.17, 15) is 4.79 Å². The zero-order valence-electron chi connectivity index (χ0n) is 19.9. The van der Waals surface area contributed by atoms with Gasteiger partial charge < -0.3 is 10.1 Å². The molecule has 0 spiro atoms. The maximum Gasteiger partial charge on any atom is 0.251 e. The summed E-state index contributed by atoms with van der Waals surface area (Å²) in [5, 5.41) is 7.60. The van der Waals surface area contributed by atoms with Crippen molar-refractivity contribution in [1.82, 2.24) is 5.32 Å². The molecule has 170 valence electrons. The predicted octanol–water partition coefficient (Wildman–Crippen LogP) is 7.61. The smallest absolute Gasteiger partial charge is 0.251 e. The number of carbonyl (C=O) groups excluding carboxylic acids is 1. The number of nitrogens with one attached hydrogen (secondary N) is 1. The van der Waals surface area contributed by atoms with Crippen LogP contribution in [0.3, 0.4) is 0 Å². The first-order valence-corrected chi connectivity index (χ1v) is 12.0. The van der Waals surface area contributed by atoms with Gasteiger partial charge in [-0.05, 0) is 46.0 Å². The first kappa shape index (κ1) is 22.8. The summed E-state index contributed by atoms with van der Waals surface area (Å²) in [5.74, 6) is 1.25. The fraction of sp³-hybridized carbons (Fsp3) is 0.300. The van der Waals surface area contributed by atoms with Gasteiger partial charge in [0.15, 0.2) is 0 Å². The number of hydrogen-bond donors (Lipinski definition) is 1. The summed E-state index contributed by atoms with van der Waals surface area (Å²) in [6.07, 6.45) is 4.60. The van der Waals surface area contributed by atoms with Crippen LogP contribution in [0.15, 0.2) is 72.8 Å². The fourth-order valence-electron chi connectivity index (χ4n) is 4.69. The Balaban J connectivity index is 1.86. The molecule has 1 amide bonds. The van der Waals surface area contributed by atoms with E-state index in [0.29, 0.717) is 18.0 Å². The van der Waals surface area contributed by atoms with Gasteiger partial charge in [-0.15, -0.1) is 0 Å². The van der Waals surface area contributed by atoms with Crippen LogP contribution in [0.25, 0.3) is 32.7 Å². The van der Waals surface area contributed by atoms with Gasteiger partial charge in [-0.1, -0.05) is 93.8 Å². The maximum absolute atomic E-state index is 13.6. The lowest BCUT2D eigenvalue weighted by Crippen LogP contribution is -2.29. The van der Waals surface area contributed by atoms with Gasteiger partial charge in [0.25, 0.3) is 5.91 Å². The zero-order valence-corrected chi connectivity index (χ0v) is 19.9. The highest BCUT2D eigenvalue weighted by molar-refractivity contribution is 6.15. The molecule has 4 aromatic rings. The van der Waals surface area contributed by atoms with Gasteiger partial charge in [0.05, 0.1) is 7.11 Å². The van der Waals surface area contributed by atoms with Crippen molar-refractivity contribution in [2.45, 2.75) is 39.5 Å². The molecular formula is C30H33NO2. The van der Waals surface area contributed by atoms with Gasteiger partial charge in [0, 0.05) is 23.2 Å². The predicted molar refractivity (Wildman–Crippen MR) is 139 cm³/mol. The lowest BCUT2D eigenvalue weighted by atomic mass is 9.89. The van der Waals surface area contributed by atoms with E-state index in [-0.39, 0.29) is 5.91 Å². The number of benzene rings is 4. The highest BCUT2D eigenvalue weighted by Crippen LogP contribution is 2.42. The monoisotopic (exact) mass is 439 g/mol. The Bertz CT molecular complexity index is 1260. The first-order chi connectivity index (χ1) is 16.2. The van der Waals surface area contributed by atoms with Crippen LogP contribution in [0.2, 0.25) is 0 Å². The molecule has 33 heavy (non-hydrogen) atoms. The van der Waals surface area contributed by atoms with Crippen molar-refractivity contribution < 1.29 is 9.53 Å². The second-order valence-electron chi connectivity index (χ2n) is 8.70. The number of methoxy groups -OCH3 is 1. The molecule has 0 aliphatic carbocycles. The fourth-order valence-corrected chi connectivity index (χ4v) is 4.69. The highest BCUT2D eigenvalue weighted by Gasteiger charge is 2.21. The van der Waals surface area contributed by atoms with E-state index < -0.39 is 0 Å². The minimum atomic E-state index is -0.0271. The normalized spacial score (nSPS) is 12.1. The topological polar surface area (TPSA) is 38.3 Å². The lowest BCUT2D eigenvalue weighted by molar-refractivity contribution is 0.0946. The minimum absolute atomic E-state index is 0.0271. The first-order valence-electron chi connectivity index (χ1n) is 12.0. The Hall–Kier alpha value is -3.33. The summed E-state index contributed by atoms with van der Waals surface area (Å²) in [6, 6.07) is 24.6. The molecule has 0 radical (unpaired) electrons. The number of carbonyl (C=O) groups is 1. The van der Waals surface area contributed by atoms with E-state index in [1.54, 1.807) is 7.11 Å². The SMILES string of the molecule is CCCC[C@H](CC)CNC(=O)c1ccc2ccccc2c1-c1c(OC)ccc2ccccc12.